The minimum Gasteiger partial charge on any atom is -1.00 e. The number of pyridine rings is 2. The fourth-order valence-electron chi connectivity index (χ4n) is 10.8. The first-order chi connectivity index (χ1) is 42.5. The predicted octanol–water partition coefficient (Wildman–Crippen LogP) is 19.9. The number of unbranched alkanes of at least 4 members (excludes halogenated alkanes) is 6. The minimum atomic E-state index is 0. The second kappa shape index (κ2) is 37.5. The molecule has 10 aromatic carbocycles. The molecule has 0 radical (unpaired) electrons. The molecule has 0 spiro atoms. The molecule has 0 amide bonds. The fourth-order valence-corrected chi connectivity index (χ4v) is 11.2. The van der Waals surface area contributed by atoms with E-state index in [1.165, 1.54) is 130 Å². The van der Waals surface area contributed by atoms with Crippen molar-refractivity contribution in [1.29, 1.82) is 0 Å². The topological polar surface area (TPSA) is 35.0 Å². The quantitative estimate of drug-likeness (QED) is 0.0433. The van der Waals surface area contributed by atoms with Crippen LogP contribution < -0.4 is 17.0 Å². The van der Waals surface area contributed by atoms with E-state index in [2.05, 4.69) is 290 Å². The number of rotatable bonds is 20. The van der Waals surface area contributed by atoms with Crippen LogP contribution in [0.3, 0.4) is 0 Å². The van der Waals surface area contributed by atoms with E-state index in [0.29, 0.717) is 0 Å². The number of nitrogens with zero attached hydrogens (tertiary/aromatic N) is 2. The summed E-state index contributed by atoms with van der Waals surface area (Å²) in [7, 11) is 0. The van der Waals surface area contributed by atoms with Crippen LogP contribution in [-0.2, 0) is 24.0 Å². The van der Waals surface area contributed by atoms with Gasteiger partial charge in [-0.1, -0.05) is 272 Å². The molecule has 88 heavy (non-hydrogen) atoms. The van der Waals surface area contributed by atoms with Crippen molar-refractivity contribution in [3.63, 3.8) is 0 Å². The maximum Gasteiger partial charge on any atom is 2.00 e. The second-order valence-electron chi connectivity index (χ2n) is 21.6. The second-order valence-corrected chi connectivity index (χ2v) is 22.5. The first kappa shape index (κ1) is 68.2. The summed E-state index contributed by atoms with van der Waals surface area (Å²) in [6, 6.07) is 98.8. The molecule has 0 aliphatic rings. The molecule has 0 bridgehead atoms. The maximum atomic E-state index is 5.07. The Morgan fingerprint density at radius 2 is 0.670 bits per heavy atom. The van der Waals surface area contributed by atoms with Crippen LogP contribution in [0.1, 0.15) is 81.9 Å². The van der Waals surface area contributed by atoms with Crippen LogP contribution in [0.25, 0.3) is 88.8 Å². The summed E-state index contributed by atoms with van der Waals surface area (Å²) in [5.41, 5.74) is 20.3. The van der Waals surface area contributed by atoms with E-state index in [1.807, 2.05) is 26.0 Å². The van der Waals surface area contributed by atoms with Gasteiger partial charge in [-0.25, -0.2) is 9.97 Å². The van der Waals surface area contributed by atoms with Crippen molar-refractivity contribution in [3.8, 4) is 67.0 Å². The summed E-state index contributed by atoms with van der Waals surface area (Å²) in [5.74, 6) is 0. The molecule has 0 atom stereocenters. The van der Waals surface area contributed by atoms with Crippen LogP contribution in [0.4, 0.5) is 0 Å². The minimum absolute atomic E-state index is 0. The summed E-state index contributed by atoms with van der Waals surface area (Å²) in [6.07, 6.45) is 13.6. The number of hydrogen-bond donors (Lipinski definition) is 0. The Balaban J connectivity index is 0.000000200. The van der Waals surface area contributed by atoms with Gasteiger partial charge in [0, 0.05) is 39.6 Å². The van der Waals surface area contributed by atoms with Gasteiger partial charge < -0.3 is 28.6 Å². The molecule has 0 aliphatic heterocycles. The van der Waals surface area contributed by atoms with Crippen molar-refractivity contribution in [3.05, 3.63) is 307 Å². The molecule has 0 aliphatic carbocycles. The molecule has 0 fully saturated rings. The van der Waals surface area contributed by atoms with Crippen LogP contribution in [0.5, 0.6) is 0 Å². The van der Waals surface area contributed by atoms with E-state index in [4.69, 9.17) is 14.7 Å². The van der Waals surface area contributed by atoms with Gasteiger partial charge in [0.15, 0.2) is 0 Å². The van der Waals surface area contributed by atoms with Gasteiger partial charge in [0.25, 0.3) is 0 Å². The van der Waals surface area contributed by atoms with Crippen molar-refractivity contribution in [2.24, 2.45) is 0 Å². The average Bonchev–Trinajstić information content (AvgIpc) is 2.50. The molecule has 12 rings (SSSR count). The molecule has 3 nitrogen and oxygen atoms in total. The van der Waals surface area contributed by atoms with Gasteiger partial charge >= 0.3 is 23.1 Å². The van der Waals surface area contributed by atoms with Gasteiger partial charge in [0.05, 0.1) is 22.4 Å². The molecule has 0 unspecified atom stereocenters. The Kier molecular flexibility index (Phi) is 29.1. The van der Waals surface area contributed by atoms with Crippen molar-refractivity contribution in [2.45, 2.75) is 84.5 Å². The average molecular weight is 1290 g/mol. The summed E-state index contributed by atoms with van der Waals surface area (Å²) in [5, 5.41) is 2.35. The Morgan fingerprint density at radius 3 is 1.10 bits per heavy atom. The number of halogens is 2. The molecular formula is C82H80Br2MgN2O. The van der Waals surface area contributed by atoms with Crippen LogP contribution in [-0.4, -0.2) is 46.2 Å². The molecule has 2 aromatic heterocycles. The predicted molar refractivity (Wildman–Crippen MR) is 378 cm³/mol. The van der Waals surface area contributed by atoms with Crippen LogP contribution in [0.2, 0.25) is 0 Å². The Morgan fingerprint density at radius 1 is 0.330 bits per heavy atom. The van der Waals surface area contributed by atoms with Crippen molar-refractivity contribution < 1.29 is 21.7 Å². The number of ether oxygens (including phenoxy) is 1. The monoisotopic (exact) mass is 1290 g/mol. The van der Waals surface area contributed by atoms with E-state index in [9.17, 15) is 0 Å². The van der Waals surface area contributed by atoms with Crippen molar-refractivity contribution in [1.82, 2.24) is 9.97 Å². The number of benzene rings is 10. The van der Waals surface area contributed by atoms with E-state index in [-0.39, 0.29) is 40.0 Å². The summed E-state index contributed by atoms with van der Waals surface area (Å²) >= 11 is 3.57. The zero-order valence-corrected chi connectivity index (χ0v) is 55.8. The first-order valence-electron chi connectivity index (χ1n) is 30.9. The number of aromatic nitrogens is 2. The number of fused-ring (bicyclic) bond motifs is 2. The summed E-state index contributed by atoms with van der Waals surface area (Å²) < 4.78 is 5.91. The van der Waals surface area contributed by atoms with Gasteiger partial charge in [-0.15, -0.1) is 0 Å². The molecule has 12 aromatic rings. The third-order valence-corrected chi connectivity index (χ3v) is 15.8. The van der Waals surface area contributed by atoms with Gasteiger partial charge in [-0.3, -0.25) is 0 Å². The normalized spacial score (nSPS) is 10.5. The molecule has 0 saturated heterocycles. The molecule has 440 valence electrons. The Hall–Kier alpha value is -7.29. The Bertz CT molecular complexity index is 3950. The largest absolute Gasteiger partial charge is 2.00 e. The van der Waals surface area contributed by atoms with Gasteiger partial charge in [0.2, 0.25) is 0 Å². The third-order valence-electron chi connectivity index (χ3n) is 15.3. The van der Waals surface area contributed by atoms with E-state index in [1.54, 1.807) is 0 Å². The van der Waals surface area contributed by atoms with Crippen molar-refractivity contribution >= 4 is 60.8 Å². The standard InChI is InChI=1S/C39H35N.C27H18BrN.C12H17.C4H10O.BrH.Mg/c1(5-15-30-16-7-3-8-17-30)2-6-18-31-19-13-22-33(27-31)34-23-14-24-35(28-34)39-29-37(32-20-9-4-10-21-32)36-25-11-12-26-38(36)40-39;28-23-13-7-11-21(17-23)20-10-6-12-22(16-20)27-18-25(19-8-2-1-3-9-19)24-14-4-5-15-26(24)29-27;1-2-3-4-6-9-12-10-7-5-8-11-12;1-3-5-4-2;;/h3-4,7-14,16-17,19-29H,1-2,5-6,15,18H2;1-18H;5,7-8,10-11H,1-4,6,9H2;3-4H2,1-2H3;1H;/q;;-1;;;+2/p-1. The van der Waals surface area contributed by atoms with E-state index < -0.39 is 0 Å². The van der Waals surface area contributed by atoms with Crippen LogP contribution in [0.15, 0.2) is 284 Å². The van der Waals surface area contributed by atoms with E-state index >= 15 is 0 Å². The first-order valence-corrected chi connectivity index (χ1v) is 31.7. The third kappa shape index (κ3) is 20.6. The SMILES string of the molecule is Brc1cccc(-c2cccc(-c3cc(-c4ccccc4)c4ccccc4n3)c2)c1.CCOCC.[Br-].[CH2-]CCCCCc1ccccc1.[Mg+2].c1ccc(CCCCCCc2cccc(-c3cccc(-c4cc(-c5ccccc5)c5ccccc5n4)c3)c2)cc1. The number of para-hydroxylation sites is 2. The summed E-state index contributed by atoms with van der Waals surface area (Å²) in [4.78, 5) is 10.0. The fraction of sp³-hybridized carbons (Fsp3) is 0.183. The molecule has 6 heteroatoms. The molecule has 0 saturated carbocycles. The Labute approximate surface area is 559 Å². The van der Waals surface area contributed by atoms with Gasteiger partial charge in [-0.05, 0) is 162 Å². The molecule has 0 N–H and O–H groups in total. The summed E-state index contributed by atoms with van der Waals surface area (Å²) in [6.45, 7) is 9.50. The van der Waals surface area contributed by atoms with Gasteiger partial charge in [-0.2, -0.15) is 6.42 Å². The van der Waals surface area contributed by atoms with Crippen LogP contribution in [0, 0.1) is 6.92 Å². The van der Waals surface area contributed by atoms with Crippen LogP contribution >= 0.6 is 15.9 Å². The van der Waals surface area contributed by atoms with Gasteiger partial charge in [0.1, 0.15) is 0 Å². The number of aryl methyl sites for hydroxylation is 3. The van der Waals surface area contributed by atoms with E-state index in [0.717, 1.165) is 64.1 Å². The number of hydrogen-bond acceptors (Lipinski definition) is 3. The zero-order valence-electron chi connectivity index (χ0n) is 51.2. The van der Waals surface area contributed by atoms with Crippen molar-refractivity contribution in [2.75, 3.05) is 13.2 Å². The molecular weight excluding hydrogens is 1210 g/mol. The maximum absolute atomic E-state index is 5.07. The molecule has 2 heterocycles. The zero-order chi connectivity index (χ0) is 59.4. The smallest absolute Gasteiger partial charge is 1.00 e.